The Balaban J connectivity index is 1.91. The number of rotatable bonds is 10. The van der Waals surface area contributed by atoms with Crippen molar-refractivity contribution < 1.29 is 18.7 Å². The monoisotopic (exact) mass is 526 g/mol. The van der Waals surface area contributed by atoms with E-state index in [9.17, 15) is 14.0 Å². The smallest absolute Gasteiger partial charge is 0.261 e. The van der Waals surface area contributed by atoms with E-state index in [-0.39, 0.29) is 31.5 Å². The number of amides is 2. The largest absolute Gasteiger partial charge is 0.484 e. The number of nitrogens with one attached hydrogen (secondary N) is 1. The Labute approximate surface area is 208 Å². The highest BCUT2D eigenvalue weighted by molar-refractivity contribution is 9.10. The average molecular weight is 527 g/mol. The molecule has 0 aromatic heterocycles. The number of benzene rings is 3. The molecule has 0 aliphatic rings. The fourth-order valence-electron chi connectivity index (χ4n) is 3.50. The molecule has 0 radical (unpaired) electrons. The third kappa shape index (κ3) is 7.42. The van der Waals surface area contributed by atoms with Gasteiger partial charge in [-0.05, 0) is 49.7 Å². The van der Waals surface area contributed by atoms with Gasteiger partial charge in [0.1, 0.15) is 17.6 Å². The van der Waals surface area contributed by atoms with Crippen LogP contribution in [0, 0.1) is 5.82 Å². The summed E-state index contributed by atoms with van der Waals surface area (Å²) >= 11 is 3.37. The van der Waals surface area contributed by atoms with Crippen LogP contribution in [0.5, 0.6) is 5.75 Å². The van der Waals surface area contributed by atoms with E-state index in [2.05, 4.69) is 21.2 Å². The van der Waals surface area contributed by atoms with Crippen molar-refractivity contribution in [1.29, 1.82) is 0 Å². The van der Waals surface area contributed by atoms with Crippen LogP contribution >= 0.6 is 15.9 Å². The van der Waals surface area contributed by atoms with Gasteiger partial charge in [-0.3, -0.25) is 9.59 Å². The molecule has 0 spiro atoms. The summed E-state index contributed by atoms with van der Waals surface area (Å²) in [5.41, 5.74) is 1.22. The maximum Gasteiger partial charge on any atom is 0.261 e. The van der Waals surface area contributed by atoms with E-state index in [4.69, 9.17) is 4.74 Å². The van der Waals surface area contributed by atoms with Gasteiger partial charge < -0.3 is 15.0 Å². The van der Waals surface area contributed by atoms with Crippen LogP contribution < -0.4 is 10.1 Å². The first-order chi connectivity index (χ1) is 16.3. The SMILES string of the molecule is CC(C)NC(=O)[C@H](Cc1ccccc1)N(Cc1ccccc1F)C(=O)COc1ccc(Br)cc1. The zero-order chi connectivity index (χ0) is 24.5. The lowest BCUT2D eigenvalue weighted by Gasteiger charge is -2.32. The van der Waals surface area contributed by atoms with Gasteiger partial charge in [-0.15, -0.1) is 0 Å². The van der Waals surface area contributed by atoms with Crippen LogP contribution in [-0.4, -0.2) is 35.4 Å². The normalized spacial score (nSPS) is 11.7. The Morgan fingerprint density at radius 2 is 1.62 bits per heavy atom. The van der Waals surface area contributed by atoms with Crippen molar-refractivity contribution in [2.24, 2.45) is 0 Å². The average Bonchev–Trinajstić information content (AvgIpc) is 2.82. The number of hydrogen-bond donors (Lipinski definition) is 1. The number of hydrogen-bond acceptors (Lipinski definition) is 3. The van der Waals surface area contributed by atoms with E-state index in [1.807, 2.05) is 56.3 Å². The van der Waals surface area contributed by atoms with Gasteiger partial charge in [0.25, 0.3) is 5.91 Å². The molecule has 34 heavy (non-hydrogen) atoms. The van der Waals surface area contributed by atoms with Crippen LogP contribution in [0.15, 0.2) is 83.3 Å². The summed E-state index contributed by atoms with van der Waals surface area (Å²) in [4.78, 5) is 28.1. The Morgan fingerprint density at radius 1 is 0.971 bits per heavy atom. The summed E-state index contributed by atoms with van der Waals surface area (Å²) in [6.45, 7) is 3.38. The first kappa shape index (κ1) is 25.4. The van der Waals surface area contributed by atoms with Crippen molar-refractivity contribution in [3.8, 4) is 5.75 Å². The molecule has 0 bridgehead atoms. The molecule has 3 aromatic carbocycles. The summed E-state index contributed by atoms with van der Waals surface area (Å²) in [5, 5.41) is 2.91. The highest BCUT2D eigenvalue weighted by Crippen LogP contribution is 2.19. The molecular formula is C27H28BrFN2O3. The van der Waals surface area contributed by atoms with Crippen molar-refractivity contribution in [2.75, 3.05) is 6.61 Å². The maximum atomic E-state index is 14.5. The van der Waals surface area contributed by atoms with E-state index in [0.717, 1.165) is 10.0 Å². The fourth-order valence-corrected chi connectivity index (χ4v) is 3.77. The molecule has 1 N–H and O–H groups in total. The van der Waals surface area contributed by atoms with E-state index in [1.165, 1.54) is 11.0 Å². The second-order valence-corrected chi connectivity index (χ2v) is 9.14. The second-order valence-electron chi connectivity index (χ2n) is 8.22. The third-order valence-electron chi connectivity index (χ3n) is 5.18. The Hall–Kier alpha value is -3.19. The lowest BCUT2D eigenvalue weighted by atomic mass is 10.0. The topological polar surface area (TPSA) is 58.6 Å². The maximum absolute atomic E-state index is 14.5. The lowest BCUT2D eigenvalue weighted by Crippen LogP contribution is -2.53. The van der Waals surface area contributed by atoms with Crippen molar-refractivity contribution >= 4 is 27.7 Å². The van der Waals surface area contributed by atoms with Gasteiger partial charge in [-0.2, -0.15) is 0 Å². The molecule has 5 nitrogen and oxygen atoms in total. The first-order valence-corrected chi connectivity index (χ1v) is 11.9. The number of halogens is 2. The van der Waals surface area contributed by atoms with Crippen LogP contribution in [0.1, 0.15) is 25.0 Å². The van der Waals surface area contributed by atoms with E-state index < -0.39 is 17.8 Å². The number of nitrogens with zero attached hydrogens (tertiary/aromatic N) is 1. The molecule has 0 aliphatic carbocycles. The second kappa shape index (κ2) is 12.3. The number of ether oxygens (including phenoxy) is 1. The lowest BCUT2D eigenvalue weighted by molar-refractivity contribution is -0.143. The van der Waals surface area contributed by atoms with Gasteiger partial charge in [-0.25, -0.2) is 4.39 Å². The highest BCUT2D eigenvalue weighted by Gasteiger charge is 2.31. The minimum atomic E-state index is -0.842. The Bertz CT molecular complexity index is 1090. The molecule has 178 valence electrons. The summed E-state index contributed by atoms with van der Waals surface area (Å²) in [6, 6.07) is 21.9. The van der Waals surface area contributed by atoms with Gasteiger partial charge in [-0.1, -0.05) is 64.5 Å². The van der Waals surface area contributed by atoms with Gasteiger partial charge in [0.05, 0.1) is 0 Å². The van der Waals surface area contributed by atoms with Crippen LogP contribution in [-0.2, 0) is 22.6 Å². The Kier molecular flexibility index (Phi) is 9.22. The van der Waals surface area contributed by atoms with E-state index >= 15 is 0 Å². The van der Waals surface area contributed by atoms with Crippen LogP contribution in [0.2, 0.25) is 0 Å². The fraction of sp³-hybridized carbons (Fsp3) is 0.259. The van der Waals surface area contributed by atoms with Crippen LogP contribution in [0.4, 0.5) is 4.39 Å². The summed E-state index contributed by atoms with van der Waals surface area (Å²) in [7, 11) is 0. The van der Waals surface area contributed by atoms with Gasteiger partial charge >= 0.3 is 0 Å². The van der Waals surface area contributed by atoms with Gasteiger partial charge in [0.15, 0.2) is 6.61 Å². The van der Waals surface area contributed by atoms with Crippen LogP contribution in [0.25, 0.3) is 0 Å². The molecule has 3 aromatic rings. The molecule has 0 unspecified atom stereocenters. The minimum absolute atomic E-state index is 0.0573. The van der Waals surface area contributed by atoms with Crippen molar-refractivity contribution in [3.63, 3.8) is 0 Å². The molecule has 0 saturated heterocycles. The van der Waals surface area contributed by atoms with Crippen molar-refractivity contribution in [2.45, 2.75) is 38.9 Å². The first-order valence-electron chi connectivity index (χ1n) is 11.1. The molecule has 2 amide bonds. The van der Waals surface area contributed by atoms with Gasteiger partial charge in [0, 0.05) is 29.0 Å². The number of carbonyl (C=O) groups excluding carboxylic acids is 2. The van der Waals surface area contributed by atoms with Crippen molar-refractivity contribution in [1.82, 2.24) is 10.2 Å². The molecule has 0 saturated carbocycles. The minimum Gasteiger partial charge on any atom is -0.484 e. The standard InChI is InChI=1S/C27H28BrFN2O3/c1-19(2)30-27(33)25(16-20-8-4-3-5-9-20)31(17-21-10-6-7-11-24(21)29)26(32)18-34-23-14-12-22(28)13-15-23/h3-15,19,25H,16-18H2,1-2H3,(H,30,33)/t25-/m0/s1. The molecule has 0 aliphatic heterocycles. The van der Waals surface area contributed by atoms with E-state index in [1.54, 1.807) is 30.3 Å². The molecule has 3 rings (SSSR count). The zero-order valence-electron chi connectivity index (χ0n) is 19.2. The van der Waals surface area contributed by atoms with Crippen molar-refractivity contribution in [3.05, 3.63) is 100 Å². The van der Waals surface area contributed by atoms with Crippen LogP contribution in [0.3, 0.4) is 0 Å². The molecule has 1 atom stereocenters. The summed E-state index contributed by atoms with van der Waals surface area (Å²) in [5.74, 6) is -0.622. The molecular weight excluding hydrogens is 499 g/mol. The number of carbonyl (C=O) groups is 2. The van der Waals surface area contributed by atoms with Gasteiger partial charge in [0.2, 0.25) is 5.91 Å². The third-order valence-corrected chi connectivity index (χ3v) is 5.71. The Morgan fingerprint density at radius 3 is 2.26 bits per heavy atom. The zero-order valence-corrected chi connectivity index (χ0v) is 20.8. The summed E-state index contributed by atoms with van der Waals surface area (Å²) < 4.78 is 21.1. The predicted molar refractivity (Wildman–Crippen MR) is 134 cm³/mol. The molecule has 7 heteroatoms. The predicted octanol–water partition coefficient (Wildman–Crippen LogP) is 5.13. The molecule has 0 heterocycles. The highest BCUT2D eigenvalue weighted by atomic mass is 79.9. The quantitative estimate of drug-likeness (QED) is 0.398. The summed E-state index contributed by atoms with van der Waals surface area (Å²) in [6.07, 6.45) is 0.290. The molecule has 0 fully saturated rings. The van der Waals surface area contributed by atoms with E-state index in [0.29, 0.717) is 11.3 Å².